The molecule has 0 unspecified atom stereocenters. The molecule has 1 aromatic heterocycles. The molecule has 0 saturated heterocycles. The SMILES string of the molecule is Cc1cc(CNC2CC2)cc(OC2CCCC2)n1. The lowest BCUT2D eigenvalue weighted by Gasteiger charge is -2.14. The highest BCUT2D eigenvalue weighted by atomic mass is 16.5. The van der Waals surface area contributed by atoms with E-state index >= 15 is 0 Å². The van der Waals surface area contributed by atoms with E-state index in [1.807, 2.05) is 6.92 Å². The number of nitrogens with one attached hydrogen (secondary N) is 1. The van der Waals surface area contributed by atoms with E-state index in [1.165, 1.54) is 44.1 Å². The summed E-state index contributed by atoms with van der Waals surface area (Å²) in [6.45, 7) is 2.98. The van der Waals surface area contributed by atoms with Crippen molar-refractivity contribution in [2.45, 2.75) is 64.1 Å². The molecule has 2 aliphatic carbocycles. The minimum Gasteiger partial charge on any atom is -0.474 e. The molecule has 1 aromatic rings. The van der Waals surface area contributed by atoms with Crippen LogP contribution in [0.1, 0.15) is 49.8 Å². The molecule has 0 spiro atoms. The molecule has 2 aliphatic rings. The van der Waals surface area contributed by atoms with Gasteiger partial charge in [-0.15, -0.1) is 0 Å². The van der Waals surface area contributed by atoms with E-state index in [1.54, 1.807) is 0 Å². The summed E-state index contributed by atoms with van der Waals surface area (Å²) in [6, 6.07) is 5.00. The van der Waals surface area contributed by atoms with Crippen LogP contribution in [-0.2, 0) is 6.54 Å². The van der Waals surface area contributed by atoms with Gasteiger partial charge in [-0.1, -0.05) is 0 Å². The zero-order chi connectivity index (χ0) is 12.4. The zero-order valence-electron chi connectivity index (χ0n) is 11.1. The maximum Gasteiger partial charge on any atom is 0.214 e. The first-order valence-corrected chi connectivity index (χ1v) is 7.17. The largest absolute Gasteiger partial charge is 0.474 e. The van der Waals surface area contributed by atoms with Gasteiger partial charge >= 0.3 is 0 Å². The van der Waals surface area contributed by atoms with E-state index in [-0.39, 0.29) is 0 Å². The molecule has 2 fully saturated rings. The third kappa shape index (κ3) is 3.22. The van der Waals surface area contributed by atoms with E-state index in [0.717, 1.165) is 24.2 Å². The molecule has 0 aromatic carbocycles. The van der Waals surface area contributed by atoms with E-state index < -0.39 is 0 Å². The third-order valence-electron chi connectivity index (χ3n) is 3.75. The van der Waals surface area contributed by atoms with Crippen LogP contribution in [0.5, 0.6) is 5.88 Å². The second kappa shape index (κ2) is 5.27. The standard InChI is InChI=1S/C15H22N2O/c1-11-8-12(10-16-13-6-7-13)9-15(17-11)18-14-4-2-3-5-14/h8-9,13-14,16H,2-7,10H2,1H3. The molecule has 1 heterocycles. The molecule has 0 aliphatic heterocycles. The molecule has 0 bridgehead atoms. The predicted molar refractivity (Wildman–Crippen MR) is 71.7 cm³/mol. The highest BCUT2D eigenvalue weighted by molar-refractivity contribution is 5.25. The topological polar surface area (TPSA) is 34.1 Å². The number of pyridine rings is 1. The number of ether oxygens (including phenoxy) is 1. The Balaban J connectivity index is 1.64. The zero-order valence-corrected chi connectivity index (χ0v) is 11.1. The van der Waals surface area contributed by atoms with Crippen molar-refractivity contribution in [3.63, 3.8) is 0 Å². The second-order valence-corrected chi connectivity index (χ2v) is 5.63. The maximum atomic E-state index is 5.98. The van der Waals surface area contributed by atoms with E-state index in [4.69, 9.17) is 4.74 Å². The Bertz CT molecular complexity index is 409. The first-order valence-electron chi connectivity index (χ1n) is 7.17. The van der Waals surface area contributed by atoms with Crippen molar-refractivity contribution >= 4 is 0 Å². The van der Waals surface area contributed by atoms with Crippen molar-refractivity contribution in [2.75, 3.05) is 0 Å². The molecular formula is C15H22N2O. The normalized spacial score (nSPS) is 20.3. The molecule has 3 heteroatoms. The van der Waals surface area contributed by atoms with Gasteiger partial charge in [-0.2, -0.15) is 0 Å². The van der Waals surface area contributed by atoms with Gasteiger partial charge in [-0.25, -0.2) is 4.98 Å². The van der Waals surface area contributed by atoms with Crippen molar-refractivity contribution in [1.29, 1.82) is 0 Å². The number of rotatable bonds is 5. The third-order valence-corrected chi connectivity index (χ3v) is 3.75. The monoisotopic (exact) mass is 246 g/mol. The number of aryl methyl sites for hydroxylation is 1. The van der Waals surface area contributed by atoms with Crippen LogP contribution in [0.25, 0.3) is 0 Å². The van der Waals surface area contributed by atoms with Gasteiger partial charge in [0.2, 0.25) is 5.88 Å². The first kappa shape index (κ1) is 12.0. The van der Waals surface area contributed by atoms with E-state index in [0.29, 0.717) is 6.10 Å². The fraction of sp³-hybridized carbons (Fsp3) is 0.667. The van der Waals surface area contributed by atoms with Gasteiger partial charge in [0.25, 0.3) is 0 Å². The maximum absolute atomic E-state index is 5.98. The Morgan fingerprint density at radius 1 is 1.22 bits per heavy atom. The molecule has 18 heavy (non-hydrogen) atoms. The van der Waals surface area contributed by atoms with Crippen LogP contribution in [0, 0.1) is 6.92 Å². The van der Waals surface area contributed by atoms with Crippen LogP contribution in [0.2, 0.25) is 0 Å². The van der Waals surface area contributed by atoms with Gasteiger partial charge < -0.3 is 10.1 Å². The average Bonchev–Trinajstić information content (AvgIpc) is 3.04. The lowest BCUT2D eigenvalue weighted by Crippen LogP contribution is -2.16. The average molecular weight is 246 g/mol. The minimum atomic E-state index is 0.392. The van der Waals surface area contributed by atoms with Crippen molar-refractivity contribution < 1.29 is 4.74 Å². The summed E-state index contributed by atoms with van der Waals surface area (Å²) in [5.74, 6) is 0.814. The van der Waals surface area contributed by atoms with Gasteiger partial charge in [-0.3, -0.25) is 0 Å². The number of aromatic nitrogens is 1. The molecule has 1 N–H and O–H groups in total. The Morgan fingerprint density at radius 2 is 2.00 bits per heavy atom. The van der Waals surface area contributed by atoms with Crippen molar-refractivity contribution in [2.24, 2.45) is 0 Å². The Hall–Kier alpha value is -1.09. The van der Waals surface area contributed by atoms with Crippen LogP contribution < -0.4 is 10.1 Å². The summed E-state index contributed by atoms with van der Waals surface area (Å²) < 4.78 is 5.98. The summed E-state index contributed by atoms with van der Waals surface area (Å²) >= 11 is 0. The summed E-state index contributed by atoms with van der Waals surface area (Å²) in [6.07, 6.45) is 8.02. The van der Waals surface area contributed by atoms with Crippen LogP contribution in [0.3, 0.4) is 0 Å². The predicted octanol–water partition coefficient (Wildman–Crippen LogP) is 2.96. The molecule has 0 amide bonds. The van der Waals surface area contributed by atoms with Gasteiger partial charge in [0, 0.05) is 24.3 Å². The quantitative estimate of drug-likeness (QED) is 0.867. The lowest BCUT2D eigenvalue weighted by molar-refractivity contribution is 0.201. The second-order valence-electron chi connectivity index (χ2n) is 5.63. The lowest BCUT2D eigenvalue weighted by atomic mass is 10.2. The first-order chi connectivity index (χ1) is 8.79. The Morgan fingerprint density at radius 3 is 2.72 bits per heavy atom. The van der Waals surface area contributed by atoms with Gasteiger partial charge in [-0.05, 0) is 57.1 Å². The number of nitrogens with zero attached hydrogens (tertiary/aromatic N) is 1. The molecule has 3 rings (SSSR count). The smallest absolute Gasteiger partial charge is 0.214 e. The highest BCUT2D eigenvalue weighted by Gasteiger charge is 2.20. The van der Waals surface area contributed by atoms with Crippen LogP contribution in [0.4, 0.5) is 0 Å². The summed E-state index contributed by atoms with van der Waals surface area (Å²) in [7, 11) is 0. The van der Waals surface area contributed by atoms with Crippen molar-refractivity contribution in [1.82, 2.24) is 10.3 Å². The summed E-state index contributed by atoms with van der Waals surface area (Å²) in [4.78, 5) is 4.49. The molecule has 3 nitrogen and oxygen atoms in total. The fourth-order valence-electron chi connectivity index (χ4n) is 2.60. The van der Waals surface area contributed by atoms with E-state index in [9.17, 15) is 0 Å². The summed E-state index contributed by atoms with van der Waals surface area (Å²) in [5.41, 5.74) is 2.35. The highest BCUT2D eigenvalue weighted by Crippen LogP contribution is 2.24. The van der Waals surface area contributed by atoms with Crippen LogP contribution in [0.15, 0.2) is 12.1 Å². The van der Waals surface area contributed by atoms with Gasteiger partial charge in [0.05, 0.1) is 0 Å². The van der Waals surface area contributed by atoms with Crippen LogP contribution >= 0.6 is 0 Å². The molecule has 2 saturated carbocycles. The van der Waals surface area contributed by atoms with Crippen molar-refractivity contribution in [3.8, 4) is 5.88 Å². The number of hydrogen-bond acceptors (Lipinski definition) is 3. The van der Waals surface area contributed by atoms with Gasteiger partial charge in [0.15, 0.2) is 0 Å². The van der Waals surface area contributed by atoms with Gasteiger partial charge in [0.1, 0.15) is 6.10 Å². The Labute approximate surface area is 109 Å². The fourth-order valence-corrected chi connectivity index (χ4v) is 2.60. The minimum absolute atomic E-state index is 0.392. The summed E-state index contributed by atoms with van der Waals surface area (Å²) in [5, 5.41) is 3.54. The Kier molecular flexibility index (Phi) is 3.50. The molecule has 98 valence electrons. The molecule has 0 radical (unpaired) electrons. The van der Waals surface area contributed by atoms with Crippen molar-refractivity contribution in [3.05, 3.63) is 23.4 Å². The molecular weight excluding hydrogens is 224 g/mol. The van der Waals surface area contributed by atoms with Crippen LogP contribution in [-0.4, -0.2) is 17.1 Å². The molecule has 0 atom stereocenters. The number of hydrogen-bond donors (Lipinski definition) is 1. The van der Waals surface area contributed by atoms with E-state index in [2.05, 4.69) is 22.4 Å².